The van der Waals surface area contributed by atoms with E-state index in [2.05, 4.69) is 5.32 Å². The van der Waals surface area contributed by atoms with E-state index in [4.69, 9.17) is 0 Å². The van der Waals surface area contributed by atoms with Gasteiger partial charge in [-0.25, -0.2) is 8.78 Å². The van der Waals surface area contributed by atoms with Gasteiger partial charge in [-0.05, 0) is 49.2 Å². The average Bonchev–Trinajstić information content (AvgIpc) is 2.44. The van der Waals surface area contributed by atoms with Crippen LogP contribution in [0.2, 0.25) is 0 Å². The van der Waals surface area contributed by atoms with Crippen molar-refractivity contribution < 1.29 is 8.78 Å². The Morgan fingerprint density at radius 2 is 1.90 bits per heavy atom. The van der Waals surface area contributed by atoms with Crippen LogP contribution in [0.15, 0.2) is 36.4 Å². The van der Waals surface area contributed by atoms with E-state index >= 15 is 0 Å². The third kappa shape index (κ3) is 2.88. The average molecular weight is 275 g/mol. The highest BCUT2D eigenvalue weighted by molar-refractivity contribution is 5.66. The Morgan fingerprint density at radius 3 is 2.60 bits per heavy atom. The molecule has 3 heteroatoms. The highest BCUT2D eigenvalue weighted by Gasteiger charge is 2.14. The van der Waals surface area contributed by atoms with Crippen LogP contribution in [0.1, 0.15) is 31.0 Å². The normalized spacial score (nSPS) is 12.4. The van der Waals surface area contributed by atoms with Gasteiger partial charge in [-0.15, -0.1) is 0 Å². The third-order valence-electron chi connectivity index (χ3n) is 3.47. The van der Waals surface area contributed by atoms with E-state index in [0.29, 0.717) is 11.1 Å². The fraction of sp³-hybridized carbons (Fsp3) is 0.294. The summed E-state index contributed by atoms with van der Waals surface area (Å²) in [6, 6.07) is 10.3. The smallest absolute Gasteiger partial charge is 0.136 e. The Hall–Kier alpha value is -1.74. The first kappa shape index (κ1) is 14.7. The van der Waals surface area contributed by atoms with E-state index in [1.54, 1.807) is 13.0 Å². The Kier molecular flexibility index (Phi) is 4.50. The summed E-state index contributed by atoms with van der Waals surface area (Å²) >= 11 is 0. The first-order valence-electron chi connectivity index (χ1n) is 6.83. The second-order valence-electron chi connectivity index (χ2n) is 4.96. The van der Waals surface area contributed by atoms with Crippen LogP contribution in [0.4, 0.5) is 8.78 Å². The van der Waals surface area contributed by atoms with E-state index < -0.39 is 11.6 Å². The fourth-order valence-electron chi connectivity index (χ4n) is 2.31. The van der Waals surface area contributed by atoms with Gasteiger partial charge in [0.1, 0.15) is 11.6 Å². The zero-order valence-electron chi connectivity index (χ0n) is 12.0. The monoisotopic (exact) mass is 275 g/mol. The van der Waals surface area contributed by atoms with Crippen LogP contribution in [0.5, 0.6) is 0 Å². The molecular formula is C17H19F2N. The Balaban J connectivity index is 2.49. The van der Waals surface area contributed by atoms with E-state index in [-0.39, 0.29) is 11.6 Å². The summed E-state index contributed by atoms with van der Waals surface area (Å²) < 4.78 is 28.1. The number of nitrogens with one attached hydrogen (secondary N) is 1. The van der Waals surface area contributed by atoms with Gasteiger partial charge in [-0.1, -0.05) is 31.2 Å². The van der Waals surface area contributed by atoms with Crippen molar-refractivity contribution in [2.45, 2.75) is 26.8 Å². The highest BCUT2D eigenvalue weighted by Crippen LogP contribution is 2.29. The molecule has 106 valence electrons. The Morgan fingerprint density at radius 1 is 1.15 bits per heavy atom. The lowest BCUT2D eigenvalue weighted by molar-refractivity contribution is 0.582. The summed E-state index contributed by atoms with van der Waals surface area (Å²) in [5.41, 5.74) is 2.10. The number of hydrogen-bond donors (Lipinski definition) is 1. The van der Waals surface area contributed by atoms with Crippen molar-refractivity contribution in [2.24, 2.45) is 0 Å². The lowest BCUT2D eigenvalue weighted by atomic mass is 9.98. The standard InChI is InChI=1S/C17H19F2N/c1-4-20-12(3)13-6-5-7-14(10-13)16-15(18)9-8-11(2)17(16)19/h5-10,12,20H,4H2,1-3H3. The molecule has 1 atom stereocenters. The summed E-state index contributed by atoms with van der Waals surface area (Å²) in [5.74, 6) is -1.01. The van der Waals surface area contributed by atoms with Crippen molar-refractivity contribution in [1.29, 1.82) is 0 Å². The predicted molar refractivity (Wildman–Crippen MR) is 78.6 cm³/mol. The minimum Gasteiger partial charge on any atom is -0.310 e. The van der Waals surface area contributed by atoms with Crippen molar-refractivity contribution in [3.05, 3.63) is 59.2 Å². The molecular weight excluding hydrogens is 256 g/mol. The molecule has 1 N–H and O–H groups in total. The van der Waals surface area contributed by atoms with E-state index in [0.717, 1.165) is 12.1 Å². The van der Waals surface area contributed by atoms with E-state index in [1.165, 1.54) is 12.1 Å². The van der Waals surface area contributed by atoms with E-state index in [1.807, 2.05) is 32.0 Å². The Labute approximate surface area is 118 Å². The van der Waals surface area contributed by atoms with Crippen LogP contribution in [-0.4, -0.2) is 6.54 Å². The molecule has 2 aromatic carbocycles. The third-order valence-corrected chi connectivity index (χ3v) is 3.47. The Bertz CT molecular complexity index is 608. The maximum atomic E-state index is 14.2. The maximum Gasteiger partial charge on any atom is 0.136 e. The summed E-state index contributed by atoms with van der Waals surface area (Å²) in [5, 5.41) is 3.29. The zero-order valence-corrected chi connectivity index (χ0v) is 12.0. The molecule has 0 radical (unpaired) electrons. The number of hydrogen-bond acceptors (Lipinski definition) is 1. The van der Waals surface area contributed by atoms with Crippen molar-refractivity contribution in [2.75, 3.05) is 6.54 Å². The van der Waals surface area contributed by atoms with Gasteiger partial charge in [0.25, 0.3) is 0 Å². The summed E-state index contributed by atoms with van der Waals surface area (Å²) in [6.45, 7) is 6.55. The molecule has 0 heterocycles. The molecule has 1 nitrogen and oxygen atoms in total. The van der Waals surface area contributed by atoms with E-state index in [9.17, 15) is 8.78 Å². The van der Waals surface area contributed by atoms with Gasteiger partial charge in [-0.3, -0.25) is 0 Å². The first-order chi connectivity index (χ1) is 9.54. The van der Waals surface area contributed by atoms with Gasteiger partial charge in [0.2, 0.25) is 0 Å². The van der Waals surface area contributed by atoms with Crippen LogP contribution >= 0.6 is 0 Å². The predicted octanol–water partition coefficient (Wildman–Crippen LogP) is 4.61. The molecule has 0 aromatic heterocycles. The van der Waals surface area contributed by atoms with Crippen LogP contribution < -0.4 is 5.32 Å². The van der Waals surface area contributed by atoms with Crippen molar-refractivity contribution >= 4 is 0 Å². The largest absolute Gasteiger partial charge is 0.310 e. The molecule has 0 fully saturated rings. The number of aryl methyl sites for hydroxylation is 1. The fourth-order valence-corrected chi connectivity index (χ4v) is 2.31. The van der Waals surface area contributed by atoms with Gasteiger partial charge in [-0.2, -0.15) is 0 Å². The molecule has 0 bridgehead atoms. The minimum absolute atomic E-state index is 0.0514. The van der Waals surface area contributed by atoms with Crippen molar-refractivity contribution in [3.63, 3.8) is 0 Å². The topological polar surface area (TPSA) is 12.0 Å². The second-order valence-corrected chi connectivity index (χ2v) is 4.96. The molecule has 0 saturated carbocycles. The van der Waals surface area contributed by atoms with Gasteiger partial charge in [0, 0.05) is 6.04 Å². The molecule has 0 aliphatic heterocycles. The van der Waals surface area contributed by atoms with Crippen LogP contribution in [-0.2, 0) is 0 Å². The van der Waals surface area contributed by atoms with Gasteiger partial charge >= 0.3 is 0 Å². The molecule has 20 heavy (non-hydrogen) atoms. The van der Waals surface area contributed by atoms with Crippen molar-refractivity contribution in [1.82, 2.24) is 5.32 Å². The highest BCUT2D eigenvalue weighted by atomic mass is 19.1. The molecule has 1 unspecified atom stereocenters. The molecule has 2 aromatic rings. The molecule has 0 spiro atoms. The molecule has 2 rings (SSSR count). The second kappa shape index (κ2) is 6.14. The molecule has 0 amide bonds. The summed E-state index contributed by atoms with van der Waals surface area (Å²) in [7, 11) is 0. The number of halogens is 2. The molecule has 0 aliphatic rings. The number of rotatable bonds is 4. The van der Waals surface area contributed by atoms with Crippen molar-refractivity contribution in [3.8, 4) is 11.1 Å². The van der Waals surface area contributed by atoms with Crippen LogP contribution in [0.3, 0.4) is 0 Å². The summed E-state index contributed by atoms with van der Waals surface area (Å²) in [6.07, 6.45) is 0. The van der Waals surface area contributed by atoms with Gasteiger partial charge < -0.3 is 5.32 Å². The first-order valence-corrected chi connectivity index (χ1v) is 6.83. The van der Waals surface area contributed by atoms with Gasteiger partial charge in [0.05, 0.1) is 5.56 Å². The minimum atomic E-state index is -0.527. The summed E-state index contributed by atoms with van der Waals surface area (Å²) in [4.78, 5) is 0. The SMILES string of the molecule is CCNC(C)c1cccc(-c2c(F)ccc(C)c2F)c1. The quantitative estimate of drug-likeness (QED) is 0.859. The number of benzene rings is 2. The maximum absolute atomic E-state index is 14.2. The lowest BCUT2D eigenvalue weighted by Crippen LogP contribution is -2.17. The van der Waals surface area contributed by atoms with Gasteiger partial charge in [0.15, 0.2) is 0 Å². The lowest BCUT2D eigenvalue weighted by Gasteiger charge is -2.15. The molecule has 0 saturated heterocycles. The van der Waals surface area contributed by atoms with Crippen LogP contribution in [0, 0.1) is 18.6 Å². The zero-order chi connectivity index (χ0) is 14.7. The molecule has 0 aliphatic carbocycles. The van der Waals surface area contributed by atoms with Crippen LogP contribution in [0.25, 0.3) is 11.1 Å².